The Labute approximate surface area is 443 Å². The molecule has 8 aromatic rings. The topological polar surface area (TPSA) is 207 Å². The molecule has 0 unspecified atom stereocenters. The molecule has 0 bridgehead atoms. The van der Waals surface area contributed by atoms with Crippen LogP contribution in [-0.2, 0) is 30.2 Å². The second kappa shape index (κ2) is 29.7. The number of esters is 2. The third-order valence-electron chi connectivity index (χ3n) is 12.6. The van der Waals surface area contributed by atoms with Crippen molar-refractivity contribution in [2.75, 3.05) is 44.3 Å². The number of nitrogens with zero attached hydrogens (tertiary/aromatic N) is 6. The zero-order chi connectivity index (χ0) is 52.6. The molecule has 0 radical (unpaired) electrons. The van der Waals surface area contributed by atoms with Gasteiger partial charge >= 0.3 is 11.9 Å². The van der Waals surface area contributed by atoms with Crippen LogP contribution in [0.15, 0.2) is 103 Å². The van der Waals surface area contributed by atoms with Crippen molar-refractivity contribution in [3.63, 3.8) is 0 Å². The second-order valence-electron chi connectivity index (χ2n) is 18.5. The molecule has 0 saturated carbocycles. The number of nitrogens with one attached hydrogen (secondary N) is 4. The third kappa shape index (κ3) is 17.5. The highest BCUT2D eigenvalue weighted by Crippen LogP contribution is 2.26. The first-order valence-corrected chi connectivity index (χ1v) is 26.6. The highest BCUT2D eigenvalue weighted by molar-refractivity contribution is 6.34. The Morgan fingerprint density at radius 3 is 1.81 bits per heavy atom. The average Bonchev–Trinajstić information content (AvgIpc) is 4.19. The fraction of sp³-hybridized carbons (Fsp3) is 0.404. The fourth-order valence-corrected chi connectivity index (χ4v) is 8.48. The van der Waals surface area contributed by atoms with Gasteiger partial charge in [0, 0.05) is 47.3 Å². The number of aromatic amines is 2. The monoisotopic (exact) mass is 1040 g/mol. The molecule has 8 rings (SSSR count). The van der Waals surface area contributed by atoms with E-state index in [1.54, 1.807) is 21.4 Å². The quantitative estimate of drug-likeness (QED) is 0.0162. The summed E-state index contributed by atoms with van der Waals surface area (Å²) in [7, 11) is 0. The number of aryl methyl sites for hydroxylation is 3. The molecule has 18 heteroatoms. The van der Waals surface area contributed by atoms with E-state index in [9.17, 15) is 9.59 Å². The molecule has 0 spiro atoms. The van der Waals surface area contributed by atoms with Gasteiger partial charge in [0.25, 0.3) is 0 Å². The first kappa shape index (κ1) is 55.7. The Morgan fingerprint density at radius 1 is 0.613 bits per heavy atom. The van der Waals surface area contributed by atoms with Crippen molar-refractivity contribution in [1.29, 1.82) is 0 Å². The van der Waals surface area contributed by atoms with E-state index in [0.29, 0.717) is 40.9 Å². The highest BCUT2D eigenvalue weighted by Gasteiger charge is 2.14. The van der Waals surface area contributed by atoms with Gasteiger partial charge in [-0.25, -0.2) is 14.8 Å². The van der Waals surface area contributed by atoms with E-state index in [1.165, 1.54) is 63.4 Å². The Balaban J connectivity index is 0.000000219. The summed E-state index contributed by atoms with van der Waals surface area (Å²) in [6, 6.07) is 33.1. The van der Waals surface area contributed by atoms with Crippen LogP contribution in [0, 0.1) is 13.8 Å². The van der Waals surface area contributed by atoms with E-state index in [-0.39, 0.29) is 33.0 Å². The first-order valence-electron chi connectivity index (χ1n) is 26.2. The second-order valence-corrected chi connectivity index (χ2v) is 18.8. The van der Waals surface area contributed by atoms with Crippen molar-refractivity contribution >= 4 is 46.2 Å². The van der Waals surface area contributed by atoms with Crippen molar-refractivity contribution in [2.45, 2.75) is 117 Å². The molecule has 0 aliphatic heterocycles. The molecule has 4 aromatic heterocycles. The normalized spacial score (nSPS) is 11.2. The van der Waals surface area contributed by atoms with Crippen molar-refractivity contribution in [2.24, 2.45) is 0 Å². The van der Waals surface area contributed by atoms with Gasteiger partial charge in [-0.2, -0.15) is 9.26 Å². The Hall–Kier alpha value is -7.05. The van der Waals surface area contributed by atoms with Gasteiger partial charge in [0.2, 0.25) is 0 Å². The first-order chi connectivity index (χ1) is 36.7. The van der Waals surface area contributed by atoms with Crippen LogP contribution >= 0.6 is 11.6 Å². The molecule has 398 valence electrons. The number of anilines is 2. The molecule has 0 amide bonds. The van der Waals surface area contributed by atoms with Gasteiger partial charge < -0.3 is 34.7 Å². The number of ether oxygens (including phenoxy) is 4. The lowest BCUT2D eigenvalue weighted by atomic mass is 10.0. The average molecular weight is 1040 g/mol. The van der Waals surface area contributed by atoms with Crippen molar-refractivity contribution < 1.29 is 33.6 Å². The van der Waals surface area contributed by atoms with Crippen molar-refractivity contribution in [1.82, 2.24) is 39.6 Å². The zero-order valence-corrected chi connectivity index (χ0v) is 44.2. The zero-order valence-electron chi connectivity index (χ0n) is 43.4. The van der Waals surface area contributed by atoms with Crippen LogP contribution in [0.25, 0.3) is 45.2 Å². The summed E-state index contributed by atoms with van der Waals surface area (Å²) in [5, 5.41) is 30.7. The summed E-state index contributed by atoms with van der Waals surface area (Å²) >= 11 is 6.25. The van der Waals surface area contributed by atoms with E-state index in [1.807, 2.05) is 80.6 Å². The van der Waals surface area contributed by atoms with Crippen molar-refractivity contribution in [3.8, 4) is 33.9 Å². The number of halogens is 1. The molecular weight excluding hydrogens is 972 g/mol. The van der Waals surface area contributed by atoms with Gasteiger partial charge in [-0.15, -0.1) is 10.2 Å². The summed E-state index contributed by atoms with van der Waals surface area (Å²) in [6.07, 6.45) is 17.0. The van der Waals surface area contributed by atoms with Crippen LogP contribution in [0.4, 0.5) is 11.4 Å². The van der Waals surface area contributed by atoms with Crippen LogP contribution < -0.4 is 10.6 Å². The third-order valence-corrected chi connectivity index (χ3v) is 13.1. The number of carbonyl (C=O) groups is 2. The summed E-state index contributed by atoms with van der Waals surface area (Å²) in [5.41, 5.74) is 10.6. The molecule has 5 N–H and O–H groups in total. The minimum atomic E-state index is -0.425. The number of fused-ring (bicyclic) bond motifs is 2. The number of hydrogen-bond acceptors (Lipinski definition) is 13. The number of aliphatic hydroxyl groups excluding tert-OH is 1. The predicted molar refractivity (Wildman–Crippen MR) is 293 cm³/mol. The number of unbranched alkanes of at least 4 members (excludes halogenated alkanes) is 12. The summed E-state index contributed by atoms with van der Waals surface area (Å²) < 4.78 is 24.5. The van der Waals surface area contributed by atoms with Gasteiger partial charge in [0.15, 0.2) is 36.5 Å². The van der Waals surface area contributed by atoms with E-state index in [4.69, 9.17) is 35.7 Å². The summed E-state index contributed by atoms with van der Waals surface area (Å²) in [4.78, 5) is 33.3. The van der Waals surface area contributed by atoms with Crippen LogP contribution in [-0.4, -0.2) is 90.3 Å². The Kier molecular flexibility index (Phi) is 22.1. The molecule has 0 saturated heterocycles. The highest BCUT2D eigenvalue weighted by atomic mass is 35.5. The van der Waals surface area contributed by atoms with Gasteiger partial charge in [0.05, 0.1) is 11.3 Å². The minimum absolute atomic E-state index is 0.0713. The molecule has 0 fully saturated rings. The number of carbonyl (C=O) groups excluding carboxylic acids is 2. The standard InChI is InChI=1S/C29H44ClN5O4.C28H27N5O3/c1-23-27(30)29-32-28(34-35(29)33-23)24-16-15-17-25(20-24)31-21-38-22-39-26(37)18-13-11-9-7-5-3-2-4-6-8-10-12-14-19-36;1-3-20-4-6-21(7-5-20)22-8-10-24(11-9-22)28(34)36-18-35-17-29-25-14-12-23(13-15-25)27-30-26-16-19(2)31-33(26)32-27/h15-17,20,31,33,36H,2-14,18-19,21-22H2,1H3;4-16,29,31H,3,17-18H2,1-2H3. The maximum Gasteiger partial charge on any atom is 0.340 e. The van der Waals surface area contributed by atoms with Gasteiger partial charge in [0.1, 0.15) is 18.5 Å². The lowest BCUT2D eigenvalue weighted by molar-refractivity contribution is -0.155. The summed E-state index contributed by atoms with van der Waals surface area (Å²) in [5.74, 6) is 0.579. The number of benzene rings is 4. The van der Waals surface area contributed by atoms with Crippen molar-refractivity contribution in [3.05, 3.63) is 131 Å². The molecule has 4 aromatic carbocycles. The number of aromatic nitrogens is 8. The molecule has 4 heterocycles. The van der Waals surface area contributed by atoms with E-state index < -0.39 is 5.97 Å². The van der Waals surface area contributed by atoms with Gasteiger partial charge in [-0.3, -0.25) is 15.0 Å². The molecular formula is C57H71ClN10O7. The van der Waals surface area contributed by atoms with Crippen LogP contribution in [0.3, 0.4) is 0 Å². The predicted octanol–water partition coefficient (Wildman–Crippen LogP) is 12.5. The summed E-state index contributed by atoms with van der Waals surface area (Å²) in [6.45, 7) is 6.49. The Morgan fingerprint density at radius 2 is 1.19 bits per heavy atom. The van der Waals surface area contributed by atoms with Gasteiger partial charge in [-0.05, 0) is 98.3 Å². The largest absolute Gasteiger partial charge is 0.438 e. The molecule has 0 aliphatic carbocycles. The maximum atomic E-state index is 12.3. The SMILES string of the molecule is CCc1ccc(-c2ccc(C(=O)OCOCNc3ccc(-c4nc5cc(C)[nH]n5n4)cc3)cc2)cc1.Cc1[nH]n2nc(-c3cccc(NCOCOC(=O)CCCCCCCCCCCCCCCO)c3)nc2c1Cl. The smallest absolute Gasteiger partial charge is 0.340 e. The number of aliphatic hydroxyl groups is 1. The molecule has 0 aliphatic rings. The lowest BCUT2D eigenvalue weighted by Crippen LogP contribution is -2.13. The number of rotatable bonds is 30. The van der Waals surface area contributed by atoms with E-state index >= 15 is 0 Å². The van der Waals surface area contributed by atoms with Crippen LogP contribution in [0.2, 0.25) is 5.02 Å². The number of H-pyrrole nitrogens is 2. The molecule has 75 heavy (non-hydrogen) atoms. The minimum Gasteiger partial charge on any atom is -0.438 e. The Bertz CT molecular complexity index is 2930. The van der Waals surface area contributed by atoms with Crippen LogP contribution in [0.5, 0.6) is 0 Å². The van der Waals surface area contributed by atoms with E-state index in [0.717, 1.165) is 82.8 Å². The lowest BCUT2D eigenvalue weighted by Gasteiger charge is -2.09. The van der Waals surface area contributed by atoms with E-state index in [2.05, 4.69) is 72.2 Å². The number of hydrogen-bond donors (Lipinski definition) is 5. The fourth-order valence-electron chi connectivity index (χ4n) is 8.32. The maximum absolute atomic E-state index is 12.3. The van der Waals surface area contributed by atoms with Crippen LogP contribution in [0.1, 0.15) is 124 Å². The molecule has 0 atom stereocenters. The van der Waals surface area contributed by atoms with Gasteiger partial charge in [-0.1, -0.05) is 138 Å². The molecule has 17 nitrogen and oxygen atoms in total.